The molecule has 0 heteroatoms. The highest BCUT2D eigenvalue weighted by Crippen LogP contribution is 2.44. The molecule has 0 amide bonds. The highest BCUT2D eigenvalue weighted by atomic mass is 14.4. The number of rotatable bonds is 1. The fourth-order valence-corrected chi connectivity index (χ4v) is 3.34. The van der Waals surface area contributed by atoms with Gasteiger partial charge >= 0.3 is 0 Å². The van der Waals surface area contributed by atoms with E-state index >= 15 is 0 Å². The van der Waals surface area contributed by atoms with Crippen LogP contribution in [-0.4, -0.2) is 0 Å². The maximum Gasteiger partial charge on any atom is 0.00128 e. The van der Waals surface area contributed by atoms with Gasteiger partial charge in [-0.3, -0.25) is 0 Å². The smallest absolute Gasteiger partial charge is 0.00128 e. The standard InChI is InChI=1S/C15H24.C2H6/c1-10(2)13-8-6-12(4)14-7-5-11(3)9-15(13)14;1-2/h9-10,13,15H,5-8H2,1-4H3;1-2H3/t13-,15?;/m0./s1. The average molecular weight is 234 g/mol. The number of hydrogen-bond donors (Lipinski definition) is 0. The minimum Gasteiger partial charge on any atom is -0.0781 e. The summed E-state index contributed by atoms with van der Waals surface area (Å²) in [5.41, 5.74) is 5.09. The molecule has 0 N–H and O–H groups in total. The maximum absolute atomic E-state index is 2.56. The summed E-state index contributed by atoms with van der Waals surface area (Å²) < 4.78 is 0. The van der Waals surface area contributed by atoms with Crippen LogP contribution in [0.5, 0.6) is 0 Å². The second-order valence-electron chi connectivity index (χ2n) is 5.79. The van der Waals surface area contributed by atoms with Gasteiger partial charge in [0.05, 0.1) is 0 Å². The molecule has 0 nitrogen and oxygen atoms in total. The van der Waals surface area contributed by atoms with Crippen molar-refractivity contribution < 1.29 is 0 Å². The fraction of sp³-hybridized carbons (Fsp3) is 0.765. The molecule has 0 saturated heterocycles. The highest BCUT2D eigenvalue weighted by Gasteiger charge is 2.32. The first-order chi connectivity index (χ1) is 8.09. The molecule has 17 heavy (non-hydrogen) atoms. The lowest BCUT2D eigenvalue weighted by Gasteiger charge is -2.38. The zero-order valence-electron chi connectivity index (χ0n) is 12.6. The van der Waals surface area contributed by atoms with E-state index in [-0.39, 0.29) is 0 Å². The summed E-state index contributed by atoms with van der Waals surface area (Å²) in [5.74, 6) is 2.52. The lowest BCUT2D eigenvalue weighted by Crippen LogP contribution is -2.27. The SMILES string of the molecule is CC.CC1=CC2C(=C(C)CC[C@H]2C(C)C)CC1. The first-order valence-electron chi connectivity index (χ1n) is 7.45. The summed E-state index contributed by atoms with van der Waals surface area (Å²) in [5, 5.41) is 0. The first-order valence-corrected chi connectivity index (χ1v) is 7.45. The molecule has 2 aliphatic carbocycles. The van der Waals surface area contributed by atoms with Crippen LogP contribution in [0.3, 0.4) is 0 Å². The van der Waals surface area contributed by atoms with Gasteiger partial charge in [0.25, 0.3) is 0 Å². The predicted molar refractivity (Wildman–Crippen MR) is 78.1 cm³/mol. The van der Waals surface area contributed by atoms with E-state index in [2.05, 4.69) is 33.8 Å². The zero-order valence-corrected chi connectivity index (χ0v) is 12.6. The van der Waals surface area contributed by atoms with Gasteiger partial charge in [-0.1, -0.05) is 50.5 Å². The molecular weight excluding hydrogens is 204 g/mol. The normalized spacial score (nSPS) is 28.3. The van der Waals surface area contributed by atoms with Gasteiger partial charge in [-0.15, -0.1) is 0 Å². The van der Waals surface area contributed by atoms with Crippen LogP contribution in [-0.2, 0) is 0 Å². The largest absolute Gasteiger partial charge is 0.0781 e. The van der Waals surface area contributed by atoms with Gasteiger partial charge < -0.3 is 0 Å². The van der Waals surface area contributed by atoms with Crippen molar-refractivity contribution in [3.63, 3.8) is 0 Å². The molecule has 2 aliphatic rings. The quantitative estimate of drug-likeness (QED) is 0.507. The first kappa shape index (κ1) is 14.5. The predicted octanol–water partition coefficient (Wildman–Crippen LogP) is 5.75. The molecule has 0 aromatic rings. The van der Waals surface area contributed by atoms with Crippen molar-refractivity contribution in [3.8, 4) is 0 Å². The Hall–Kier alpha value is -0.520. The molecule has 1 unspecified atom stereocenters. The van der Waals surface area contributed by atoms with E-state index in [0.717, 1.165) is 17.8 Å². The van der Waals surface area contributed by atoms with Crippen molar-refractivity contribution in [2.75, 3.05) is 0 Å². The molecule has 98 valence electrons. The maximum atomic E-state index is 2.56. The van der Waals surface area contributed by atoms with Crippen LogP contribution in [0.25, 0.3) is 0 Å². The van der Waals surface area contributed by atoms with Crippen LogP contribution in [0.15, 0.2) is 22.8 Å². The second-order valence-corrected chi connectivity index (χ2v) is 5.79. The van der Waals surface area contributed by atoms with Gasteiger partial charge in [-0.05, 0) is 51.4 Å². The summed E-state index contributed by atoms with van der Waals surface area (Å²) in [4.78, 5) is 0. The zero-order chi connectivity index (χ0) is 13.0. The Labute approximate surface area is 108 Å². The van der Waals surface area contributed by atoms with E-state index in [1.165, 1.54) is 25.7 Å². The Kier molecular flexibility index (Phi) is 5.49. The van der Waals surface area contributed by atoms with E-state index < -0.39 is 0 Å². The van der Waals surface area contributed by atoms with Gasteiger partial charge in [0.15, 0.2) is 0 Å². The third kappa shape index (κ3) is 3.24. The Morgan fingerprint density at radius 2 is 1.71 bits per heavy atom. The molecule has 0 aromatic carbocycles. The van der Waals surface area contributed by atoms with E-state index in [9.17, 15) is 0 Å². The minimum absolute atomic E-state index is 0.785. The molecule has 0 aromatic heterocycles. The molecule has 0 heterocycles. The minimum atomic E-state index is 0.785. The molecule has 0 radical (unpaired) electrons. The summed E-state index contributed by atoms with van der Waals surface area (Å²) in [6.45, 7) is 13.4. The van der Waals surface area contributed by atoms with Crippen molar-refractivity contribution in [1.29, 1.82) is 0 Å². The van der Waals surface area contributed by atoms with Gasteiger partial charge in [0, 0.05) is 5.92 Å². The molecule has 0 fully saturated rings. The Bertz CT molecular complexity index is 304. The average Bonchev–Trinajstić information content (AvgIpc) is 2.31. The van der Waals surface area contributed by atoms with Crippen LogP contribution in [0.1, 0.15) is 67.2 Å². The summed E-state index contributed by atoms with van der Waals surface area (Å²) >= 11 is 0. The van der Waals surface area contributed by atoms with E-state index in [4.69, 9.17) is 0 Å². The summed E-state index contributed by atoms with van der Waals surface area (Å²) in [6, 6.07) is 0. The lowest BCUT2D eigenvalue weighted by molar-refractivity contribution is 0.277. The van der Waals surface area contributed by atoms with Gasteiger partial charge in [0.1, 0.15) is 0 Å². The number of hydrogen-bond acceptors (Lipinski definition) is 0. The van der Waals surface area contributed by atoms with Gasteiger partial charge in [0.2, 0.25) is 0 Å². The van der Waals surface area contributed by atoms with Crippen LogP contribution in [0, 0.1) is 17.8 Å². The molecular formula is C17H30. The Morgan fingerprint density at radius 3 is 2.29 bits per heavy atom. The Balaban J connectivity index is 0.000000686. The fourth-order valence-electron chi connectivity index (χ4n) is 3.34. The van der Waals surface area contributed by atoms with Crippen molar-refractivity contribution in [3.05, 3.63) is 22.8 Å². The van der Waals surface area contributed by atoms with Crippen LogP contribution < -0.4 is 0 Å². The van der Waals surface area contributed by atoms with E-state index in [1.807, 2.05) is 13.8 Å². The van der Waals surface area contributed by atoms with Gasteiger partial charge in [-0.2, -0.15) is 0 Å². The van der Waals surface area contributed by atoms with Crippen molar-refractivity contribution >= 4 is 0 Å². The summed E-state index contributed by atoms with van der Waals surface area (Å²) in [7, 11) is 0. The highest BCUT2D eigenvalue weighted by molar-refractivity contribution is 5.30. The van der Waals surface area contributed by atoms with Gasteiger partial charge in [-0.25, -0.2) is 0 Å². The van der Waals surface area contributed by atoms with E-state index in [1.54, 1.807) is 16.7 Å². The molecule has 2 atom stereocenters. The second kappa shape index (κ2) is 6.42. The van der Waals surface area contributed by atoms with Crippen molar-refractivity contribution in [2.24, 2.45) is 17.8 Å². The van der Waals surface area contributed by atoms with Crippen LogP contribution >= 0.6 is 0 Å². The Morgan fingerprint density at radius 1 is 1.06 bits per heavy atom. The van der Waals surface area contributed by atoms with Crippen molar-refractivity contribution in [1.82, 2.24) is 0 Å². The molecule has 0 saturated carbocycles. The lowest BCUT2D eigenvalue weighted by atomic mass is 9.67. The van der Waals surface area contributed by atoms with E-state index in [0.29, 0.717) is 0 Å². The number of allylic oxidation sites excluding steroid dienone is 4. The monoisotopic (exact) mass is 234 g/mol. The van der Waals surface area contributed by atoms with Crippen molar-refractivity contribution in [2.45, 2.75) is 67.2 Å². The summed E-state index contributed by atoms with van der Waals surface area (Å²) in [6.07, 6.45) is 7.95. The molecule has 2 rings (SSSR count). The third-order valence-corrected chi connectivity index (χ3v) is 4.37. The third-order valence-electron chi connectivity index (χ3n) is 4.37. The molecule has 0 bridgehead atoms. The molecule has 0 aliphatic heterocycles. The number of fused-ring (bicyclic) bond motifs is 1. The van der Waals surface area contributed by atoms with Crippen LogP contribution in [0.2, 0.25) is 0 Å². The topological polar surface area (TPSA) is 0 Å². The van der Waals surface area contributed by atoms with Crippen LogP contribution in [0.4, 0.5) is 0 Å². The molecule has 0 spiro atoms.